The largest absolute Gasteiger partial charge is 0.455 e. The Labute approximate surface area is 416 Å². The Bertz CT molecular complexity index is 5040. The SMILES string of the molecule is O=c1c2ccccc2n(-c2ccccc2)c2cc(-c3cc(-n4c5ccccc5c5c6c7ccccc7n(-c7ccccc7)c6c6c(c7ccccc7n6-c6ccccc6)c54)cc4c3oc3ccccc34)ccc12. The minimum absolute atomic E-state index is 0.0101. The smallest absolute Gasteiger partial charge is 0.197 e. The Kier molecular flexibility index (Phi) is 8.22. The minimum Gasteiger partial charge on any atom is -0.455 e. The summed E-state index contributed by atoms with van der Waals surface area (Å²) < 4.78 is 16.7. The first kappa shape index (κ1) is 39.9. The molecule has 5 aromatic heterocycles. The summed E-state index contributed by atoms with van der Waals surface area (Å²) >= 11 is 0. The highest BCUT2D eigenvalue weighted by atomic mass is 16.3. The summed E-state index contributed by atoms with van der Waals surface area (Å²) in [7, 11) is 0. The van der Waals surface area contributed by atoms with E-state index in [4.69, 9.17) is 4.42 Å². The molecule has 0 N–H and O–H groups in total. The van der Waals surface area contributed by atoms with Crippen LogP contribution in [0.5, 0.6) is 0 Å². The van der Waals surface area contributed by atoms with Crippen molar-refractivity contribution < 1.29 is 4.42 Å². The Morgan fingerprint density at radius 1 is 0.288 bits per heavy atom. The molecular weight excluding hydrogens is 893 g/mol. The van der Waals surface area contributed by atoms with Crippen LogP contribution in [-0.2, 0) is 0 Å². The standard InChI is InChI=1S/C67H40N4O2/c72-66-50-30-13-18-34-57(50)68(42-20-4-1-5-21-42)58-38-41(36-37-51(58)66)52-39-45(40-53-46-26-14-19-35-59(46)73-67(52)53)71-55-32-16-10-27-47(55)60-61-48-28-11-15-31-54(48)69(43-22-6-2-7-23-43)64(61)65-62(63(60)71)49-29-12-17-33-56(49)70(65)44-24-8-3-9-25-44/h1-40H. The number of para-hydroxylation sites is 8. The van der Waals surface area contributed by atoms with E-state index < -0.39 is 0 Å². The average molecular weight is 933 g/mol. The third-order valence-corrected chi connectivity index (χ3v) is 15.3. The van der Waals surface area contributed by atoms with E-state index in [0.29, 0.717) is 10.8 Å². The summed E-state index contributed by atoms with van der Waals surface area (Å²) in [4.78, 5) is 14.4. The van der Waals surface area contributed by atoms with Crippen LogP contribution in [0.25, 0.3) is 143 Å². The molecule has 0 aliphatic carbocycles. The number of fused-ring (bicyclic) bond motifs is 17. The maximum atomic E-state index is 14.4. The molecule has 73 heavy (non-hydrogen) atoms. The highest BCUT2D eigenvalue weighted by Crippen LogP contribution is 2.51. The van der Waals surface area contributed by atoms with Gasteiger partial charge in [0.25, 0.3) is 0 Å². The van der Waals surface area contributed by atoms with Crippen molar-refractivity contribution in [1.29, 1.82) is 0 Å². The molecule has 0 spiro atoms. The fourth-order valence-corrected chi connectivity index (χ4v) is 12.3. The number of aromatic nitrogens is 4. The predicted octanol–water partition coefficient (Wildman–Crippen LogP) is 17.0. The van der Waals surface area contributed by atoms with Crippen LogP contribution < -0.4 is 5.43 Å². The van der Waals surface area contributed by atoms with Crippen LogP contribution in [0.1, 0.15) is 0 Å². The van der Waals surface area contributed by atoms with Crippen LogP contribution in [-0.4, -0.2) is 18.3 Å². The normalized spacial score (nSPS) is 12.2. The molecule has 0 atom stereocenters. The number of pyridine rings is 1. The van der Waals surface area contributed by atoms with Gasteiger partial charge in [0.1, 0.15) is 11.2 Å². The first-order valence-electron chi connectivity index (χ1n) is 24.8. The van der Waals surface area contributed by atoms with Crippen LogP contribution in [0.15, 0.2) is 252 Å². The first-order valence-corrected chi connectivity index (χ1v) is 24.8. The van der Waals surface area contributed by atoms with Gasteiger partial charge in [-0.25, -0.2) is 0 Å². The van der Waals surface area contributed by atoms with Crippen molar-refractivity contribution in [3.05, 3.63) is 253 Å². The Morgan fingerprint density at radius 3 is 1.30 bits per heavy atom. The molecule has 0 radical (unpaired) electrons. The van der Waals surface area contributed by atoms with Crippen molar-refractivity contribution >= 4 is 109 Å². The van der Waals surface area contributed by atoms with E-state index >= 15 is 0 Å². The zero-order valence-electron chi connectivity index (χ0n) is 39.2. The van der Waals surface area contributed by atoms with Crippen LogP contribution in [0, 0.1) is 0 Å². The van der Waals surface area contributed by atoms with E-state index in [0.717, 1.165) is 105 Å². The number of hydrogen-bond acceptors (Lipinski definition) is 2. The monoisotopic (exact) mass is 932 g/mol. The molecule has 0 unspecified atom stereocenters. The predicted molar refractivity (Wildman–Crippen MR) is 303 cm³/mol. The van der Waals surface area contributed by atoms with Crippen molar-refractivity contribution in [2.24, 2.45) is 0 Å². The highest BCUT2D eigenvalue weighted by Gasteiger charge is 2.29. The maximum absolute atomic E-state index is 14.4. The molecule has 0 amide bonds. The molecule has 0 saturated carbocycles. The van der Waals surface area contributed by atoms with Crippen molar-refractivity contribution in [3.8, 4) is 33.9 Å². The van der Waals surface area contributed by atoms with Gasteiger partial charge in [-0.15, -0.1) is 0 Å². The summed E-state index contributed by atoms with van der Waals surface area (Å²) in [6.45, 7) is 0. The van der Waals surface area contributed by atoms with Gasteiger partial charge in [-0.05, 0) is 103 Å². The molecule has 0 aliphatic rings. The molecule has 6 heteroatoms. The van der Waals surface area contributed by atoms with Crippen molar-refractivity contribution in [1.82, 2.24) is 18.3 Å². The fraction of sp³-hybridized carbons (Fsp3) is 0. The molecular formula is C67H40N4O2. The second-order valence-electron chi connectivity index (χ2n) is 19.1. The van der Waals surface area contributed by atoms with E-state index in [-0.39, 0.29) is 5.43 Å². The third kappa shape index (κ3) is 5.49. The Hall–Kier alpha value is -9.91. The zero-order chi connectivity index (χ0) is 47.9. The van der Waals surface area contributed by atoms with Gasteiger partial charge in [-0.2, -0.15) is 0 Å². The molecule has 6 nitrogen and oxygen atoms in total. The van der Waals surface area contributed by atoms with Crippen LogP contribution >= 0.6 is 0 Å². The van der Waals surface area contributed by atoms with Crippen LogP contribution in [0.3, 0.4) is 0 Å². The number of hydrogen-bond donors (Lipinski definition) is 0. The fourth-order valence-electron chi connectivity index (χ4n) is 12.3. The highest BCUT2D eigenvalue weighted by molar-refractivity contribution is 6.40. The van der Waals surface area contributed by atoms with Gasteiger partial charge < -0.3 is 22.7 Å². The lowest BCUT2D eigenvalue weighted by Crippen LogP contribution is -2.10. The van der Waals surface area contributed by atoms with Gasteiger partial charge in [-0.1, -0.05) is 146 Å². The number of nitrogens with zero attached hydrogens (tertiary/aromatic N) is 4. The molecule has 11 aromatic carbocycles. The second-order valence-corrected chi connectivity index (χ2v) is 19.1. The van der Waals surface area contributed by atoms with Gasteiger partial charge in [0, 0.05) is 82.2 Å². The van der Waals surface area contributed by atoms with Gasteiger partial charge >= 0.3 is 0 Å². The second kappa shape index (κ2) is 15.0. The summed E-state index contributed by atoms with van der Waals surface area (Å²) in [6.07, 6.45) is 0. The molecule has 16 rings (SSSR count). The summed E-state index contributed by atoms with van der Waals surface area (Å²) in [5.41, 5.74) is 16.1. The summed E-state index contributed by atoms with van der Waals surface area (Å²) in [6, 6.07) is 85.8. The van der Waals surface area contributed by atoms with Gasteiger partial charge in [0.15, 0.2) is 5.43 Å². The van der Waals surface area contributed by atoms with E-state index in [2.05, 4.69) is 206 Å². The first-order chi connectivity index (χ1) is 36.2. The van der Waals surface area contributed by atoms with Crippen LogP contribution in [0.4, 0.5) is 0 Å². The lowest BCUT2D eigenvalue weighted by molar-refractivity contribution is 0.670. The van der Waals surface area contributed by atoms with Gasteiger partial charge in [0.05, 0.1) is 44.1 Å². The number of benzene rings is 11. The van der Waals surface area contributed by atoms with E-state index in [1.807, 2.05) is 54.6 Å². The van der Waals surface area contributed by atoms with Gasteiger partial charge in [-0.3, -0.25) is 4.79 Å². The zero-order valence-corrected chi connectivity index (χ0v) is 39.2. The lowest BCUT2D eigenvalue weighted by Gasteiger charge is -2.17. The molecule has 16 aromatic rings. The van der Waals surface area contributed by atoms with Crippen molar-refractivity contribution in [3.63, 3.8) is 0 Å². The average Bonchev–Trinajstić information content (AvgIpc) is 4.20. The quantitative estimate of drug-likeness (QED) is 0.161. The van der Waals surface area contributed by atoms with Crippen molar-refractivity contribution in [2.75, 3.05) is 0 Å². The topological polar surface area (TPSA) is 49.9 Å². The van der Waals surface area contributed by atoms with Gasteiger partial charge in [0.2, 0.25) is 0 Å². The molecule has 5 heterocycles. The van der Waals surface area contributed by atoms with E-state index in [1.54, 1.807) is 0 Å². The lowest BCUT2D eigenvalue weighted by atomic mass is 9.98. The van der Waals surface area contributed by atoms with Crippen molar-refractivity contribution in [2.45, 2.75) is 0 Å². The van der Waals surface area contributed by atoms with Crippen LogP contribution in [0.2, 0.25) is 0 Å². The minimum atomic E-state index is 0.0101. The molecule has 0 aliphatic heterocycles. The Balaban J connectivity index is 1.11. The Morgan fingerprint density at radius 2 is 0.712 bits per heavy atom. The molecule has 0 saturated heterocycles. The summed E-state index contributed by atoms with van der Waals surface area (Å²) in [5.74, 6) is 0. The van der Waals surface area contributed by atoms with E-state index in [1.165, 1.54) is 26.9 Å². The van der Waals surface area contributed by atoms with E-state index in [9.17, 15) is 4.79 Å². The third-order valence-electron chi connectivity index (χ3n) is 15.3. The molecule has 340 valence electrons. The molecule has 0 bridgehead atoms. The number of furan rings is 1. The summed E-state index contributed by atoms with van der Waals surface area (Å²) in [5, 5.41) is 10.5. The molecule has 0 fully saturated rings. The number of rotatable bonds is 5. The maximum Gasteiger partial charge on any atom is 0.197 e.